The Hall–Kier alpha value is -2.49. The fourth-order valence-corrected chi connectivity index (χ4v) is 1.53. The van der Waals surface area contributed by atoms with Crippen molar-refractivity contribution in [3.05, 3.63) is 34.9 Å². The van der Waals surface area contributed by atoms with E-state index in [-0.39, 0.29) is 25.4 Å². The van der Waals surface area contributed by atoms with Crippen LogP contribution in [0.4, 0.5) is 0 Å². The third kappa shape index (κ3) is 5.61. The van der Waals surface area contributed by atoms with E-state index in [4.69, 9.17) is 30.6 Å². The summed E-state index contributed by atoms with van der Waals surface area (Å²) in [6.07, 6.45) is 0.594. The average molecular weight is 344 g/mol. The Kier molecular flexibility index (Phi) is 8.61. The lowest BCUT2D eigenvalue weighted by atomic mass is 9.88. The number of carboxylic acid groups (broad SMARTS) is 3. The maximum atomic E-state index is 10.6. The van der Waals surface area contributed by atoms with Crippen LogP contribution in [-0.2, 0) is 0 Å². The fourth-order valence-electron chi connectivity index (χ4n) is 1.53. The van der Waals surface area contributed by atoms with Crippen molar-refractivity contribution in [2.45, 2.75) is 13.3 Å². The molecule has 0 fully saturated rings. The van der Waals surface area contributed by atoms with Crippen molar-refractivity contribution in [1.82, 2.24) is 0 Å². The number of aromatic carboxylic acids is 3. The zero-order chi connectivity index (χ0) is 18.9. The highest BCUT2D eigenvalue weighted by atomic mass is 16.4. The van der Waals surface area contributed by atoms with Crippen molar-refractivity contribution < 1.29 is 45.0 Å². The summed E-state index contributed by atoms with van der Waals surface area (Å²) in [5.41, 5.74) is -1.91. The largest absolute Gasteiger partial charge is 0.478 e. The molecule has 0 aliphatic rings. The molecule has 0 spiro atoms. The van der Waals surface area contributed by atoms with Gasteiger partial charge in [-0.05, 0) is 24.6 Å². The number of hydrogen-bond donors (Lipinski definition) is 6. The van der Waals surface area contributed by atoms with Crippen molar-refractivity contribution in [3.63, 3.8) is 0 Å². The van der Waals surface area contributed by atoms with Crippen LogP contribution in [0.3, 0.4) is 0 Å². The summed E-state index contributed by atoms with van der Waals surface area (Å²) >= 11 is 0. The van der Waals surface area contributed by atoms with Gasteiger partial charge in [0, 0.05) is 5.41 Å². The van der Waals surface area contributed by atoms with Gasteiger partial charge in [-0.15, -0.1) is 0 Å². The molecule has 0 radical (unpaired) electrons. The summed E-state index contributed by atoms with van der Waals surface area (Å²) in [4.78, 5) is 31.8. The third-order valence-corrected chi connectivity index (χ3v) is 3.48. The Morgan fingerprint density at radius 2 is 1.29 bits per heavy atom. The number of hydrogen-bond acceptors (Lipinski definition) is 6. The first-order valence-electron chi connectivity index (χ1n) is 6.84. The van der Waals surface area contributed by atoms with E-state index in [2.05, 4.69) is 0 Å². The van der Waals surface area contributed by atoms with E-state index in [0.717, 1.165) is 18.2 Å². The van der Waals surface area contributed by atoms with Crippen LogP contribution in [0.15, 0.2) is 18.2 Å². The zero-order valence-corrected chi connectivity index (χ0v) is 13.0. The molecule has 9 heteroatoms. The molecule has 0 aliphatic carbocycles. The van der Waals surface area contributed by atoms with Gasteiger partial charge in [0.2, 0.25) is 0 Å². The topological polar surface area (TPSA) is 173 Å². The van der Waals surface area contributed by atoms with Gasteiger partial charge in [0.25, 0.3) is 0 Å². The summed E-state index contributed by atoms with van der Waals surface area (Å²) in [5.74, 6) is -4.20. The van der Waals surface area contributed by atoms with Crippen molar-refractivity contribution in [2.24, 2.45) is 5.41 Å². The number of benzene rings is 1. The second-order valence-corrected chi connectivity index (χ2v) is 5.00. The van der Waals surface area contributed by atoms with Gasteiger partial charge in [0.05, 0.1) is 36.5 Å². The van der Waals surface area contributed by atoms with E-state index < -0.39 is 34.4 Å². The highest BCUT2D eigenvalue weighted by Crippen LogP contribution is 2.18. The molecule has 0 atom stereocenters. The number of carbonyl (C=O) groups is 3. The summed E-state index contributed by atoms with van der Waals surface area (Å²) in [6.45, 7) is 1.35. The predicted molar refractivity (Wildman–Crippen MR) is 81.3 cm³/mol. The van der Waals surface area contributed by atoms with E-state index in [0.29, 0.717) is 6.42 Å². The molecule has 1 rings (SSSR count). The summed E-state index contributed by atoms with van der Waals surface area (Å²) in [6, 6.07) is 2.81. The van der Waals surface area contributed by atoms with Crippen LogP contribution in [-0.4, -0.2) is 68.4 Å². The lowest BCUT2D eigenvalue weighted by Gasteiger charge is -2.24. The maximum absolute atomic E-state index is 10.6. The molecule has 6 N–H and O–H groups in total. The Morgan fingerprint density at radius 1 is 0.833 bits per heavy atom. The first-order chi connectivity index (χ1) is 11.2. The Balaban J connectivity index is 0.000000506. The second-order valence-electron chi connectivity index (χ2n) is 5.00. The van der Waals surface area contributed by atoms with Crippen molar-refractivity contribution in [3.8, 4) is 0 Å². The quantitative estimate of drug-likeness (QED) is 0.402. The first-order valence-corrected chi connectivity index (χ1v) is 6.84. The molecule has 0 unspecified atom stereocenters. The van der Waals surface area contributed by atoms with Gasteiger partial charge >= 0.3 is 17.9 Å². The zero-order valence-electron chi connectivity index (χ0n) is 13.0. The second kappa shape index (κ2) is 9.60. The van der Waals surface area contributed by atoms with Gasteiger partial charge in [-0.3, -0.25) is 0 Å². The summed E-state index contributed by atoms with van der Waals surface area (Å²) < 4.78 is 0. The highest BCUT2D eigenvalue weighted by molar-refractivity contribution is 6.03. The van der Waals surface area contributed by atoms with Gasteiger partial charge in [-0.1, -0.05) is 6.92 Å². The normalized spacial score (nSPS) is 10.5. The first kappa shape index (κ1) is 21.5. The van der Waals surface area contributed by atoms with Gasteiger partial charge in [0.1, 0.15) is 0 Å². The SMILES string of the molecule is CCC(CO)(CO)CO.O=C(O)c1ccc(C(=O)O)c(C(=O)O)c1. The molecular formula is C15H20O9. The van der Waals surface area contributed by atoms with Crippen LogP contribution < -0.4 is 0 Å². The third-order valence-electron chi connectivity index (χ3n) is 3.48. The van der Waals surface area contributed by atoms with Crippen molar-refractivity contribution >= 4 is 17.9 Å². The van der Waals surface area contributed by atoms with Crippen LogP contribution in [0.2, 0.25) is 0 Å². The Labute approximate surface area is 137 Å². The molecule has 0 saturated carbocycles. The van der Waals surface area contributed by atoms with Crippen LogP contribution >= 0.6 is 0 Å². The van der Waals surface area contributed by atoms with Gasteiger partial charge in [-0.2, -0.15) is 0 Å². The fraction of sp³-hybridized carbons (Fsp3) is 0.400. The Bertz CT molecular complexity index is 573. The number of aliphatic hydroxyl groups excluding tert-OH is 3. The van der Waals surface area contributed by atoms with E-state index in [1.807, 2.05) is 6.92 Å². The van der Waals surface area contributed by atoms with Crippen LogP contribution in [0.25, 0.3) is 0 Å². The molecule has 9 nitrogen and oxygen atoms in total. The molecule has 1 aromatic carbocycles. The average Bonchev–Trinajstić information content (AvgIpc) is 2.57. The molecule has 0 bridgehead atoms. The van der Waals surface area contributed by atoms with Gasteiger partial charge < -0.3 is 30.6 Å². The molecule has 0 saturated heterocycles. The highest BCUT2D eigenvalue weighted by Gasteiger charge is 2.24. The summed E-state index contributed by atoms with van der Waals surface area (Å²) in [7, 11) is 0. The Morgan fingerprint density at radius 3 is 1.54 bits per heavy atom. The smallest absolute Gasteiger partial charge is 0.336 e. The van der Waals surface area contributed by atoms with Gasteiger partial charge in [0.15, 0.2) is 0 Å². The van der Waals surface area contributed by atoms with Crippen LogP contribution in [0, 0.1) is 5.41 Å². The van der Waals surface area contributed by atoms with Crippen molar-refractivity contribution in [2.75, 3.05) is 19.8 Å². The predicted octanol–water partition coefficient (Wildman–Crippen LogP) is 0.141. The van der Waals surface area contributed by atoms with E-state index in [1.54, 1.807) is 0 Å². The van der Waals surface area contributed by atoms with E-state index in [1.165, 1.54) is 0 Å². The number of aliphatic hydroxyl groups is 3. The lowest BCUT2D eigenvalue weighted by molar-refractivity contribution is 0.00303. The maximum Gasteiger partial charge on any atom is 0.336 e. The molecule has 0 heterocycles. The number of rotatable bonds is 7. The lowest BCUT2D eigenvalue weighted by Crippen LogP contribution is -2.32. The molecular weight excluding hydrogens is 324 g/mol. The molecule has 134 valence electrons. The monoisotopic (exact) mass is 344 g/mol. The number of carboxylic acids is 3. The molecule has 0 aromatic heterocycles. The van der Waals surface area contributed by atoms with Gasteiger partial charge in [-0.25, -0.2) is 14.4 Å². The minimum atomic E-state index is -1.48. The van der Waals surface area contributed by atoms with E-state index in [9.17, 15) is 14.4 Å². The summed E-state index contributed by atoms with van der Waals surface area (Å²) in [5, 5.41) is 51.8. The standard InChI is InChI=1S/C9H6O6.C6H14O3/c10-7(11)4-1-2-5(8(12)13)6(3-4)9(14)15;1-2-6(3-7,4-8)5-9/h1-3H,(H,10,11)(H,12,13)(H,14,15);7-9H,2-5H2,1H3. The van der Waals surface area contributed by atoms with Crippen LogP contribution in [0.1, 0.15) is 44.4 Å². The van der Waals surface area contributed by atoms with Crippen LogP contribution in [0.5, 0.6) is 0 Å². The van der Waals surface area contributed by atoms with E-state index >= 15 is 0 Å². The minimum absolute atomic E-state index is 0.156. The molecule has 1 aromatic rings. The molecule has 0 amide bonds. The molecule has 24 heavy (non-hydrogen) atoms. The minimum Gasteiger partial charge on any atom is -0.478 e. The van der Waals surface area contributed by atoms with Crippen molar-refractivity contribution in [1.29, 1.82) is 0 Å². The molecule has 0 aliphatic heterocycles.